The summed E-state index contributed by atoms with van der Waals surface area (Å²) in [6.07, 6.45) is 4.96. The Morgan fingerprint density at radius 3 is 2.39 bits per heavy atom. The van der Waals surface area contributed by atoms with Gasteiger partial charge in [0.25, 0.3) is 0 Å². The first-order chi connectivity index (χ1) is 8.72. The third kappa shape index (κ3) is 2.17. The number of pyridine rings is 1. The fourth-order valence-corrected chi connectivity index (χ4v) is 2.87. The van der Waals surface area contributed by atoms with E-state index in [1.54, 1.807) is 0 Å². The second kappa shape index (κ2) is 4.56. The Bertz CT molecular complexity index is 564. The number of aryl methyl sites for hydroxylation is 4. The van der Waals surface area contributed by atoms with E-state index in [4.69, 9.17) is 4.98 Å². The summed E-state index contributed by atoms with van der Waals surface area (Å²) in [5, 5.41) is 0. The fraction of sp³-hybridized carbons (Fsp3) is 0.353. The highest BCUT2D eigenvalue weighted by molar-refractivity contribution is 5.62. The molecule has 0 fully saturated rings. The lowest BCUT2D eigenvalue weighted by atomic mass is 9.95. The largest absolute Gasteiger partial charge is 0.253 e. The first-order valence-corrected chi connectivity index (χ1v) is 6.80. The van der Waals surface area contributed by atoms with Gasteiger partial charge >= 0.3 is 0 Å². The van der Waals surface area contributed by atoms with E-state index >= 15 is 0 Å². The summed E-state index contributed by atoms with van der Waals surface area (Å²) in [5.41, 5.74) is 7.77. The minimum atomic E-state index is 1.13. The van der Waals surface area contributed by atoms with Crippen molar-refractivity contribution in [3.63, 3.8) is 0 Å². The standard InChI is InChI=1S/C17H19N/c1-12-9-13(2)11-15(10-12)17-8-7-14-5-3-4-6-16(14)18-17/h7-11H,3-6H2,1-2H3. The molecule has 1 aliphatic carbocycles. The van der Waals surface area contributed by atoms with Gasteiger partial charge < -0.3 is 0 Å². The van der Waals surface area contributed by atoms with Crippen molar-refractivity contribution in [2.75, 3.05) is 0 Å². The van der Waals surface area contributed by atoms with Gasteiger partial charge in [0.15, 0.2) is 0 Å². The Labute approximate surface area is 109 Å². The van der Waals surface area contributed by atoms with Crippen molar-refractivity contribution in [2.24, 2.45) is 0 Å². The summed E-state index contributed by atoms with van der Waals surface area (Å²) in [5.74, 6) is 0. The van der Waals surface area contributed by atoms with Crippen LogP contribution in [0.25, 0.3) is 11.3 Å². The SMILES string of the molecule is Cc1cc(C)cc(-c2ccc3c(n2)CCCC3)c1. The quantitative estimate of drug-likeness (QED) is 0.722. The van der Waals surface area contributed by atoms with E-state index < -0.39 is 0 Å². The lowest BCUT2D eigenvalue weighted by Crippen LogP contribution is -2.05. The monoisotopic (exact) mass is 237 g/mol. The Balaban J connectivity index is 2.06. The van der Waals surface area contributed by atoms with Crippen LogP contribution in [0.5, 0.6) is 0 Å². The van der Waals surface area contributed by atoms with Crippen molar-refractivity contribution in [1.29, 1.82) is 0 Å². The first kappa shape index (κ1) is 11.5. The van der Waals surface area contributed by atoms with E-state index in [0.29, 0.717) is 0 Å². The van der Waals surface area contributed by atoms with Crippen molar-refractivity contribution in [2.45, 2.75) is 39.5 Å². The van der Waals surface area contributed by atoms with Crippen LogP contribution in [0.4, 0.5) is 0 Å². The van der Waals surface area contributed by atoms with Gasteiger partial charge in [-0.25, -0.2) is 0 Å². The Morgan fingerprint density at radius 2 is 1.61 bits per heavy atom. The highest BCUT2D eigenvalue weighted by Crippen LogP contribution is 2.25. The van der Waals surface area contributed by atoms with Crippen LogP contribution in [0.15, 0.2) is 30.3 Å². The summed E-state index contributed by atoms with van der Waals surface area (Å²) in [6.45, 7) is 4.30. The first-order valence-electron chi connectivity index (χ1n) is 6.80. The molecule has 0 saturated carbocycles. The zero-order chi connectivity index (χ0) is 12.5. The molecule has 92 valence electrons. The molecule has 0 amide bonds. The molecule has 0 saturated heterocycles. The zero-order valence-corrected chi connectivity index (χ0v) is 11.2. The maximum absolute atomic E-state index is 4.87. The van der Waals surface area contributed by atoms with Crippen LogP contribution in [0.2, 0.25) is 0 Å². The molecule has 0 unspecified atom stereocenters. The summed E-state index contributed by atoms with van der Waals surface area (Å²) in [4.78, 5) is 4.87. The predicted molar refractivity (Wildman–Crippen MR) is 75.8 cm³/mol. The van der Waals surface area contributed by atoms with Gasteiger partial charge in [-0.15, -0.1) is 0 Å². The maximum atomic E-state index is 4.87. The van der Waals surface area contributed by atoms with Gasteiger partial charge in [0.1, 0.15) is 0 Å². The number of rotatable bonds is 1. The van der Waals surface area contributed by atoms with Crippen LogP contribution in [0.1, 0.15) is 35.2 Å². The van der Waals surface area contributed by atoms with E-state index in [2.05, 4.69) is 44.2 Å². The van der Waals surface area contributed by atoms with E-state index in [0.717, 1.165) is 12.1 Å². The van der Waals surface area contributed by atoms with Gasteiger partial charge in [0, 0.05) is 11.3 Å². The molecule has 1 heterocycles. The normalized spacial score (nSPS) is 14.3. The van der Waals surface area contributed by atoms with Gasteiger partial charge in [0.05, 0.1) is 5.69 Å². The topological polar surface area (TPSA) is 12.9 Å². The van der Waals surface area contributed by atoms with Crippen LogP contribution in [0.3, 0.4) is 0 Å². The summed E-state index contributed by atoms with van der Waals surface area (Å²) < 4.78 is 0. The number of aromatic nitrogens is 1. The third-order valence-electron chi connectivity index (χ3n) is 3.70. The average Bonchev–Trinajstić information content (AvgIpc) is 2.37. The number of hydrogen-bond donors (Lipinski definition) is 0. The van der Waals surface area contributed by atoms with Crippen molar-refractivity contribution < 1.29 is 0 Å². The van der Waals surface area contributed by atoms with E-state index in [1.807, 2.05) is 0 Å². The molecule has 0 aliphatic heterocycles. The molecule has 18 heavy (non-hydrogen) atoms. The van der Waals surface area contributed by atoms with Crippen molar-refractivity contribution in [3.05, 3.63) is 52.7 Å². The summed E-state index contributed by atoms with van der Waals surface area (Å²) in [6, 6.07) is 11.1. The second-order valence-electron chi connectivity index (χ2n) is 5.39. The van der Waals surface area contributed by atoms with E-state index in [-0.39, 0.29) is 0 Å². The van der Waals surface area contributed by atoms with Crippen molar-refractivity contribution in [3.8, 4) is 11.3 Å². The predicted octanol–water partition coefficient (Wildman–Crippen LogP) is 4.24. The minimum Gasteiger partial charge on any atom is -0.253 e. The highest BCUT2D eigenvalue weighted by atomic mass is 14.7. The number of fused-ring (bicyclic) bond motifs is 1. The van der Waals surface area contributed by atoms with Crippen LogP contribution in [0, 0.1) is 13.8 Å². The Morgan fingerprint density at radius 1 is 0.889 bits per heavy atom. The van der Waals surface area contributed by atoms with Crippen LogP contribution in [-0.2, 0) is 12.8 Å². The van der Waals surface area contributed by atoms with Gasteiger partial charge in [0.2, 0.25) is 0 Å². The Hall–Kier alpha value is -1.63. The van der Waals surface area contributed by atoms with Crippen molar-refractivity contribution >= 4 is 0 Å². The highest BCUT2D eigenvalue weighted by Gasteiger charge is 2.11. The van der Waals surface area contributed by atoms with Crippen molar-refractivity contribution in [1.82, 2.24) is 4.98 Å². The second-order valence-corrected chi connectivity index (χ2v) is 5.39. The lowest BCUT2D eigenvalue weighted by molar-refractivity contribution is 0.668. The molecule has 1 aliphatic rings. The van der Waals surface area contributed by atoms with Gasteiger partial charge in [-0.1, -0.05) is 23.3 Å². The van der Waals surface area contributed by atoms with E-state index in [9.17, 15) is 0 Å². The molecule has 1 aromatic carbocycles. The zero-order valence-electron chi connectivity index (χ0n) is 11.2. The number of benzene rings is 1. The minimum absolute atomic E-state index is 1.13. The third-order valence-corrected chi connectivity index (χ3v) is 3.70. The molecule has 0 radical (unpaired) electrons. The number of hydrogen-bond acceptors (Lipinski definition) is 1. The molecule has 0 N–H and O–H groups in total. The molecule has 0 bridgehead atoms. The number of nitrogens with zero attached hydrogens (tertiary/aromatic N) is 1. The molecule has 1 aromatic heterocycles. The molecule has 0 atom stereocenters. The molecule has 3 rings (SSSR count). The smallest absolute Gasteiger partial charge is 0.0705 e. The molecule has 0 spiro atoms. The van der Waals surface area contributed by atoms with E-state index in [1.165, 1.54) is 47.2 Å². The van der Waals surface area contributed by atoms with Crippen LogP contribution in [-0.4, -0.2) is 4.98 Å². The molecule has 1 nitrogen and oxygen atoms in total. The van der Waals surface area contributed by atoms with Gasteiger partial charge in [-0.05, 0) is 63.3 Å². The molecular formula is C17H19N. The Kier molecular flexibility index (Phi) is 2.91. The molecular weight excluding hydrogens is 218 g/mol. The summed E-state index contributed by atoms with van der Waals surface area (Å²) >= 11 is 0. The maximum Gasteiger partial charge on any atom is 0.0705 e. The average molecular weight is 237 g/mol. The lowest BCUT2D eigenvalue weighted by Gasteiger charge is -2.15. The fourth-order valence-electron chi connectivity index (χ4n) is 2.87. The van der Waals surface area contributed by atoms with Gasteiger partial charge in [-0.3, -0.25) is 4.98 Å². The molecule has 2 aromatic rings. The molecule has 1 heteroatoms. The van der Waals surface area contributed by atoms with Crippen LogP contribution < -0.4 is 0 Å². The summed E-state index contributed by atoms with van der Waals surface area (Å²) in [7, 11) is 0. The van der Waals surface area contributed by atoms with Gasteiger partial charge in [-0.2, -0.15) is 0 Å². The van der Waals surface area contributed by atoms with Crippen LogP contribution >= 0.6 is 0 Å².